The van der Waals surface area contributed by atoms with Gasteiger partial charge >= 0.3 is 0 Å². The Morgan fingerprint density at radius 2 is 0.863 bits per heavy atom. The maximum Gasteiger partial charge on any atom is 0.243 e. The van der Waals surface area contributed by atoms with Crippen molar-refractivity contribution in [2.45, 2.75) is 47.5 Å². The molecule has 0 amide bonds. The number of aromatic nitrogens is 6. The average molecular weight is 1030 g/mol. The number of para-hydroxylation sites is 3. The maximum absolute atomic E-state index is 5.79. The van der Waals surface area contributed by atoms with Gasteiger partial charge in [0, 0.05) is 56.2 Å². The highest BCUT2D eigenvalue weighted by molar-refractivity contribution is 7.00. The molecule has 6 nitrogen and oxygen atoms in total. The van der Waals surface area contributed by atoms with Gasteiger partial charge in [-0.05, 0) is 114 Å². The topological polar surface area (TPSA) is 61.4 Å². The van der Waals surface area contributed by atoms with Crippen LogP contribution in [0.5, 0.6) is 0 Å². The molecule has 2 aliphatic rings. The molecule has 0 bridgehead atoms. The standard InChI is InChI=1S/C73H55BN6/c1-42-34-45(4)71(46(5)35-42)74-58-29-18-27-53-56(72-75-60(47-20-8-6-9-21-47)40-66(77-72)79-62-31-15-12-24-50(62)51-25-13-16-32-63(51)79)38-49-39-57(54-28-19-30-59(74)70(54)68(49)69(53)58)73-76-61(48-22-10-7-11-23-48)41-67(78-73)80-64-33-17-14-26-52(64)55-36-43(2)44(3)37-65(55)80/h6-35,38-41,43-44H,36-37H2,1-5H3. The Balaban J connectivity index is 1.03. The first-order chi connectivity index (χ1) is 39.2. The zero-order chi connectivity index (χ0) is 53.5. The van der Waals surface area contributed by atoms with Gasteiger partial charge < -0.3 is 0 Å². The van der Waals surface area contributed by atoms with Gasteiger partial charge in [-0.1, -0.05) is 211 Å². The quantitative estimate of drug-likeness (QED) is 0.118. The summed E-state index contributed by atoms with van der Waals surface area (Å²) < 4.78 is 4.78. The molecule has 14 aromatic rings. The second kappa shape index (κ2) is 17.8. The van der Waals surface area contributed by atoms with E-state index in [1.807, 2.05) is 0 Å². The van der Waals surface area contributed by atoms with Crippen molar-refractivity contribution in [3.63, 3.8) is 0 Å². The van der Waals surface area contributed by atoms with Crippen LogP contribution in [0.3, 0.4) is 0 Å². The van der Waals surface area contributed by atoms with Crippen LogP contribution in [-0.2, 0) is 12.8 Å². The van der Waals surface area contributed by atoms with E-state index in [0.29, 0.717) is 23.5 Å². The lowest BCUT2D eigenvalue weighted by Gasteiger charge is -2.29. The summed E-state index contributed by atoms with van der Waals surface area (Å²) in [7, 11) is 0. The smallest absolute Gasteiger partial charge is 0.243 e. The fourth-order valence-electron chi connectivity index (χ4n) is 14.3. The third-order valence-electron chi connectivity index (χ3n) is 18.0. The van der Waals surface area contributed by atoms with Crippen LogP contribution < -0.4 is 16.4 Å². The minimum Gasteiger partial charge on any atom is -0.298 e. The molecule has 0 N–H and O–H groups in total. The zero-order valence-corrected chi connectivity index (χ0v) is 45.5. The van der Waals surface area contributed by atoms with Crippen LogP contribution in [0.4, 0.5) is 0 Å². The second-order valence-electron chi connectivity index (χ2n) is 22.8. The van der Waals surface area contributed by atoms with Gasteiger partial charge in [0.2, 0.25) is 6.71 Å². The largest absolute Gasteiger partial charge is 0.298 e. The van der Waals surface area contributed by atoms with E-state index in [2.05, 4.69) is 250 Å². The van der Waals surface area contributed by atoms with Crippen LogP contribution in [0.2, 0.25) is 0 Å². The van der Waals surface area contributed by atoms with Crippen LogP contribution in [-0.4, -0.2) is 35.8 Å². The van der Waals surface area contributed by atoms with E-state index >= 15 is 0 Å². The minimum atomic E-state index is -0.0526. The van der Waals surface area contributed by atoms with Crippen LogP contribution in [0.1, 0.15) is 41.8 Å². The lowest BCUT2D eigenvalue weighted by atomic mass is 9.33. The normalized spacial score (nSPS) is 14.9. The molecule has 0 saturated carbocycles. The Morgan fingerprint density at radius 3 is 1.40 bits per heavy atom. The number of hydrogen-bond donors (Lipinski definition) is 0. The van der Waals surface area contributed by atoms with Gasteiger partial charge in [0.05, 0.1) is 27.9 Å². The maximum atomic E-state index is 5.79. The van der Waals surface area contributed by atoms with Crippen LogP contribution in [0, 0.1) is 32.6 Å². The molecule has 0 saturated heterocycles. The third kappa shape index (κ3) is 6.99. The molecule has 1 aliphatic carbocycles. The van der Waals surface area contributed by atoms with E-state index in [1.54, 1.807) is 0 Å². The summed E-state index contributed by atoms with van der Waals surface area (Å²) in [6, 6.07) is 75.2. The molecule has 380 valence electrons. The molecular formula is C73H55BN6. The van der Waals surface area contributed by atoms with Gasteiger partial charge in [-0.25, -0.2) is 19.9 Å². The van der Waals surface area contributed by atoms with Crippen LogP contribution in [0.15, 0.2) is 206 Å². The molecule has 16 rings (SSSR count). The van der Waals surface area contributed by atoms with Crippen molar-refractivity contribution in [2.24, 2.45) is 11.8 Å². The number of hydrogen-bond acceptors (Lipinski definition) is 4. The predicted octanol–water partition coefficient (Wildman–Crippen LogP) is 15.6. The molecule has 0 fully saturated rings. The van der Waals surface area contributed by atoms with Crippen molar-refractivity contribution in [3.8, 4) is 56.9 Å². The highest BCUT2D eigenvalue weighted by atomic mass is 15.1. The van der Waals surface area contributed by atoms with Crippen molar-refractivity contribution < 1.29 is 0 Å². The van der Waals surface area contributed by atoms with E-state index in [0.717, 1.165) is 85.3 Å². The fourth-order valence-corrected chi connectivity index (χ4v) is 14.3. The molecule has 10 aromatic carbocycles. The molecule has 0 radical (unpaired) electrons. The molecule has 5 heterocycles. The van der Waals surface area contributed by atoms with Crippen molar-refractivity contribution in [1.29, 1.82) is 0 Å². The van der Waals surface area contributed by atoms with Gasteiger partial charge in [0.25, 0.3) is 0 Å². The Labute approximate surface area is 465 Å². The summed E-state index contributed by atoms with van der Waals surface area (Å²) in [6.07, 6.45) is 2.03. The van der Waals surface area contributed by atoms with E-state index < -0.39 is 0 Å². The zero-order valence-electron chi connectivity index (χ0n) is 45.5. The molecule has 4 aromatic heterocycles. The first-order valence-electron chi connectivity index (χ1n) is 28.3. The van der Waals surface area contributed by atoms with Crippen molar-refractivity contribution in [2.75, 3.05) is 0 Å². The summed E-state index contributed by atoms with van der Waals surface area (Å²) in [6.45, 7) is 11.6. The summed E-state index contributed by atoms with van der Waals surface area (Å²) in [5.41, 5.74) is 19.8. The van der Waals surface area contributed by atoms with E-state index in [4.69, 9.17) is 19.9 Å². The van der Waals surface area contributed by atoms with Gasteiger partial charge in [-0.2, -0.15) is 0 Å². The first kappa shape index (κ1) is 46.6. The molecule has 2 unspecified atom stereocenters. The highest BCUT2D eigenvalue weighted by Crippen LogP contribution is 2.45. The van der Waals surface area contributed by atoms with E-state index in [9.17, 15) is 0 Å². The van der Waals surface area contributed by atoms with E-state index in [1.165, 1.54) is 82.2 Å². The number of rotatable bonds is 7. The van der Waals surface area contributed by atoms with Crippen molar-refractivity contribution >= 4 is 88.1 Å². The van der Waals surface area contributed by atoms with Crippen molar-refractivity contribution in [1.82, 2.24) is 29.1 Å². The third-order valence-corrected chi connectivity index (χ3v) is 18.0. The fraction of sp³-hybridized carbons (Fsp3) is 0.123. The Bertz CT molecular complexity index is 4840. The molecule has 7 heteroatoms. The van der Waals surface area contributed by atoms with Gasteiger partial charge in [0.1, 0.15) is 11.6 Å². The predicted molar refractivity (Wildman–Crippen MR) is 334 cm³/mol. The Kier molecular flexibility index (Phi) is 10.4. The van der Waals surface area contributed by atoms with Gasteiger partial charge in [-0.3, -0.25) is 9.13 Å². The van der Waals surface area contributed by atoms with Gasteiger partial charge in [0.15, 0.2) is 11.6 Å². The van der Waals surface area contributed by atoms with Crippen LogP contribution in [0.25, 0.3) is 122 Å². The molecule has 1 aliphatic heterocycles. The number of nitrogens with zero attached hydrogens (tertiary/aromatic N) is 6. The SMILES string of the molecule is Cc1cc(C)c(B2c3cccc4c(-c5nc(-c6ccccc6)cc(-n6c7c(c8ccccc86)CC(C)C(C)C7)n5)cc5cc(-c6nc(-c7ccccc7)cc(-n7c8ccccc8c8ccccc87)n6)c6cccc2c6c5c34)c(C)c1. The Morgan fingerprint density at radius 1 is 0.412 bits per heavy atom. The van der Waals surface area contributed by atoms with Crippen LogP contribution >= 0.6 is 0 Å². The minimum absolute atomic E-state index is 0.0526. The summed E-state index contributed by atoms with van der Waals surface area (Å²) in [4.78, 5) is 22.8. The molecular weight excluding hydrogens is 972 g/mol. The molecule has 2 atom stereocenters. The van der Waals surface area contributed by atoms with Crippen molar-refractivity contribution in [3.05, 3.63) is 234 Å². The average Bonchev–Trinajstić information content (AvgIpc) is 3.49. The highest BCUT2D eigenvalue weighted by Gasteiger charge is 2.35. The lowest BCUT2D eigenvalue weighted by molar-refractivity contribution is 0.357. The van der Waals surface area contributed by atoms with Gasteiger partial charge in [-0.15, -0.1) is 0 Å². The number of benzene rings is 10. The van der Waals surface area contributed by atoms with E-state index in [-0.39, 0.29) is 6.71 Å². The summed E-state index contributed by atoms with van der Waals surface area (Å²) in [5.74, 6) is 4.18. The monoisotopic (exact) mass is 1030 g/mol. The Hall–Kier alpha value is -9.46. The molecule has 80 heavy (non-hydrogen) atoms. The molecule has 0 spiro atoms. The second-order valence-corrected chi connectivity index (χ2v) is 22.8. The summed E-state index contributed by atoms with van der Waals surface area (Å²) in [5, 5.41) is 10.8. The summed E-state index contributed by atoms with van der Waals surface area (Å²) >= 11 is 0. The first-order valence-corrected chi connectivity index (χ1v) is 28.3. The lowest BCUT2D eigenvalue weighted by Crippen LogP contribution is -2.55. The number of fused-ring (bicyclic) bond motifs is 6. The number of aryl methyl sites for hydroxylation is 3.